The van der Waals surface area contributed by atoms with E-state index in [1.165, 1.54) is 6.92 Å². The molecule has 0 aliphatic carbocycles. The Kier molecular flexibility index (Phi) is 10.1. The summed E-state index contributed by atoms with van der Waals surface area (Å²) >= 11 is 0. The van der Waals surface area contributed by atoms with Crippen molar-refractivity contribution in [1.29, 1.82) is 0 Å². The first-order chi connectivity index (χ1) is 18.6. The van der Waals surface area contributed by atoms with Gasteiger partial charge < -0.3 is 42.0 Å². The summed E-state index contributed by atoms with van der Waals surface area (Å²) in [5, 5.41) is 36.8. The number of para-hydroxylation sites is 1. The molecular formula is C27H33N5O7. The number of aromatic amines is 1. The van der Waals surface area contributed by atoms with E-state index in [0.29, 0.717) is 5.56 Å². The number of nitrogens with two attached hydrogens (primary N) is 1. The van der Waals surface area contributed by atoms with Crippen LogP contribution in [0.25, 0.3) is 10.9 Å². The molecule has 0 aliphatic heterocycles. The number of carboxylic acids is 1. The van der Waals surface area contributed by atoms with Crippen molar-refractivity contribution in [2.75, 3.05) is 6.61 Å². The Hall–Kier alpha value is -4.26. The highest BCUT2D eigenvalue weighted by molar-refractivity contribution is 5.95. The first-order valence-corrected chi connectivity index (χ1v) is 12.4. The summed E-state index contributed by atoms with van der Waals surface area (Å²) in [6.45, 7) is 0.439. The SMILES string of the molecule is CC(O)C(NC(=O)C(N)Cc1ccccc1)C(=O)NC(Cc1c[nH]c2ccccc12)C(=O)NC(CO)C(=O)O. The summed E-state index contributed by atoms with van der Waals surface area (Å²) in [4.78, 5) is 53.4. The third kappa shape index (κ3) is 7.87. The highest BCUT2D eigenvalue weighted by atomic mass is 16.4. The standard InChI is InChI=1S/C27H33N5O7/c1-15(34)23(32-24(35)19(28)11-16-7-3-2-4-8-16)26(37)30-21(25(36)31-22(14-33)27(38)39)12-17-13-29-20-10-6-5-9-18(17)20/h2-10,13,15,19,21-23,29,33-34H,11-12,14,28H2,1H3,(H,30,37)(H,31,36)(H,32,35)(H,38,39). The predicted molar refractivity (Wildman–Crippen MR) is 142 cm³/mol. The fourth-order valence-electron chi connectivity index (χ4n) is 4.08. The molecule has 0 bridgehead atoms. The predicted octanol–water partition coefficient (Wildman–Crippen LogP) is -0.807. The number of hydrogen-bond donors (Lipinski definition) is 8. The lowest BCUT2D eigenvalue weighted by molar-refractivity contribution is -0.143. The summed E-state index contributed by atoms with van der Waals surface area (Å²) in [7, 11) is 0. The van der Waals surface area contributed by atoms with Gasteiger partial charge in [-0.3, -0.25) is 14.4 Å². The molecule has 0 spiro atoms. The van der Waals surface area contributed by atoms with E-state index in [0.717, 1.165) is 16.5 Å². The van der Waals surface area contributed by atoms with Crippen molar-refractivity contribution in [3.05, 3.63) is 71.9 Å². The van der Waals surface area contributed by atoms with Gasteiger partial charge in [-0.05, 0) is 30.5 Å². The molecule has 5 atom stereocenters. The van der Waals surface area contributed by atoms with Crippen LogP contribution in [0.5, 0.6) is 0 Å². The van der Waals surface area contributed by atoms with Crippen molar-refractivity contribution in [3.8, 4) is 0 Å². The molecule has 12 nitrogen and oxygen atoms in total. The summed E-state index contributed by atoms with van der Waals surface area (Å²) in [6.07, 6.45) is 0.463. The maximum absolute atomic E-state index is 13.2. The molecule has 2 aromatic carbocycles. The molecule has 0 aliphatic rings. The summed E-state index contributed by atoms with van der Waals surface area (Å²) < 4.78 is 0. The minimum atomic E-state index is -1.59. The topological polar surface area (TPSA) is 207 Å². The number of carboxylic acid groups (broad SMARTS) is 1. The molecule has 3 rings (SSSR count). The highest BCUT2D eigenvalue weighted by Crippen LogP contribution is 2.19. The minimum absolute atomic E-state index is 0.0483. The fraction of sp³-hybridized carbons (Fsp3) is 0.333. The number of hydrogen-bond acceptors (Lipinski definition) is 7. The molecule has 0 saturated carbocycles. The number of aliphatic carboxylic acids is 1. The van der Waals surface area contributed by atoms with E-state index in [9.17, 15) is 34.5 Å². The molecule has 1 aromatic heterocycles. The van der Waals surface area contributed by atoms with Crippen molar-refractivity contribution < 1.29 is 34.5 Å². The maximum Gasteiger partial charge on any atom is 0.328 e. The van der Waals surface area contributed by atoms with Gasteiger partial charge in [-0.15, -0.1) is 0 Å². The van der Waals surface area contributed by atoms with E-state index in [1.54, 1.807) is 36.5 Å². The Morgan fingerprint density at radius 2 is 1.51 bits per heavy atom. The number of aromatic nitrogens is 1. The van der Waals surface area contributed by atoms with Gasteiger partial charge in [0, 0.05) is 23.5 Å². The lowest BCUT2D eigenvalue weighted by Gasteiger charge is -2.26. The van der Waals surface area contributed by atoms with Gasteiger partial charge in [-0.1, -0.05) is 48.5 Å². The highest BCUT2D eigenvalue weighted by Gasteiger charge is 2.33. The summed E-state index contributed by atoms with van der Waals surface area (Å²) in [5.41, 5.74) is 8.27. The molecule has 0 radical (unpaired) electrons. The average Bonchev–Trinajstić information content (AvgIpc) is 3.32. The number of benzene rings is 2. The quantitative estimate of drug-likeness (QED) is 0.137. The van der Waals surface area contributed by atoms with Crippen LogP contribution in [0.1, 0.15) is 18.1 Å². The van der Waals surface area contributed by atoms with Crippen LogP contribution < -0.4 is 21.7 Å². The third-order valence-electron chi connectivity index (χ3n) is 6.23. The minimum Gasteiger partial charge on any atom is -0.480 e. The molecule has 39 heavy (non-hydrogen) atoms. The van der Waals surface area contributed by atoms with Gasteiger partial charge >= 0.3 is 5.97 Å². The van der Waals surface area contributed by atoms with Crippen molar-refractivity contribution in [1.82, 2.24) is 20.9 Å². The van der Waals surface area contributed by atoms with Crippen molar-refractivity contribution >= 4 is 34.6 Å². The van der Waals surface area contributed by atoms with Gasteiger partial charge in [-0.25, -0.2) is 4.79 Å². The lowest BCUT2D eigenvalue weighted by atomic mass is 10.0. The number of fused-ring (bicyclic) bond motifs is 1. The lowest BCUT2D eigenvalue weighted by Crippen LogP contribution is -2.60. The number of amides is 3. The number of aliphatic hydroxyl groups excluding tert-OH is 2. The van der Waals surface area contributed by atoms with Gasteiger partial charge in [0.1, 0.15) is 18.1 Å². The van der Waals surface area contributed by atoms with Crippen molar-refractivity contribution in [3.63, 3.8) is 0 Å². The van der Waals surface area contributed by atoms with Crippen LogP contribution in [0.2, 0.25) is 0 Å². The van der Waals surface area contributed by atoms with E-state index >= 15 is 0 Å². The van der Waals surface area contributed by atoms with Crippen LogP contribution in [0, 0.1) is 0 Å². The first kappa shape index (κ1) is 29.3. The van der Waals surface area contributed by atoms with E-state index in [2.05, 4.69) is 20.9 Å². The van der Waals surface area contributed by atoms with E-state index in [1.807, 2.05) is 24.3 Å². The molecule has 0 fully saturated rings. The van der Waals surface area contributed by atoms with Crippen LogP contribution >= 0.6 is 0 Å². The Bertz CT molecular complexity index is 1290. The number of nitrogens with one attached hydrogen (secondary N) is 4. The molecule has 9 N–H and O–H groups in total. The zero-order valence-electron chi connectivity index (χ0n) is 21.3. The Balaban J connectivity index is 1.78. The molecule has 0 saturated heterocycles. The smallest absolute Gasteiger partial charge is 0.328 e. The van der Waals surface area contributed by atoms with Crippen LogP contribution in [0.3, 0.4) is 0 Å². The van der Waals surface area contributed by atoms with Gasteiger partial charge in [0.15, 0.2) is 0 Å². The maximum atomic E-state index is 13.2. The Morgan fingerprint density at radius 1 is 0.872 bits per heavy atom. The normalized spacial score (nSPS) is 15.0. The van der Waals surface area contributed by atoms with Gasteiger partial charge in [-0.2, -0.15) is 0 Å². The Labute approximate surface area is 224 Å². The molecule has 208 valence electrons. The van der Waals surface area contributed by atoms with Gasteiger partial charge in [0.25, 0.3) is 0 Å². The second kappa shape index (κ2) is 13.5. The largest absolute Gasteiger partial charge is 0.480 e. The average molecular weight is 540 g/mol. The van der Waals surface area contributed by atoms with E-state index < -0.39 is 60.6 Å². The first-order valence-electron chi connectivity index (χ1n) is 12.4. The molecule has 3 aromatic rings. The van der Waals surface area contributed by atoms with Gasteiger partial charge in [0.2, 0.25) is 17.7 Å². The second-order valence-electron chi connectivity index (χ2n) is 9.23. The van der Waals surface area contributed by atoms with E-state index in [-0.39, 0.29) is 12.8 Å². The Morgan fingerprint density at radius 3 is 2.15 bits per heavy atom. The number of H-pyrrole nitrogens is 1. The molecule has 12 heteroatoms. The van der Waals surface area contributed by atoms with Crippen molar-refractivity contribution in [2.24, 2.45) is 5.73 Å². The molecular weight excluding hydrogens is 506 g/mol. The van der Waals surface area contributed by atoms with Crippen molar-refractivity contribution in [2.45, 2.75) is 50.0 Å². The van der Waals surface area contributed by atoms with Crippen LogP contribution in [-0.4, -0.2) is 80.9 Å². The summed E-state index contributed by atoms with van der Waals surface area (Å²) in [5.74, 6) is -3.87. The van der Waals surface area contributed by atoms with Crippen LogP contribution in [0.4, 0.5) is 0 Å². The number of carbonyl (C=O) groups is 4. The summed E-state index contributed by atoms with van der Waals surface area (Å²) in [6, 6.07) is 11.0. The zero-order chi connectivity index (χ0) is 28.5. The molecule has 5 unspecified atom stereocenters. The monoisotopic (exact) mass is 539 g/mol. The second-order valence-corrected chi connectivity index (χ2v) is 9.23. The van der Waals surface area contributed by atoms with E-state index in [4.69, 9.17) is 5.73 Å². The van der Waals surface area contributed by atoms with Crippen LogP contribution in [0.15, 0.2) is 60.8 Å². The number of carbonyl (C=O) groups excluding carboxylic acids is 3. The number of rotatable bonds is 13. The molecule has 3 amide bonds. The fourth-order valence-corrected chi connectivity index (χ4v) is 4.08. The number of aliphatic hydroxyl groups is 2. The van der Waals surface area contributed by atoms with Gasteiger partial charge in [0.05, 0.1) is 18.8 Å². The molecule has 1 heterocycles. The van der Waals surface area contributed by atoms with Crippen LogP contribution in [-0.2, 0) is 32.0 Å². The third-order valence-corrected chi connectivity index (χ3v) is 6.23. The zero-order valence-corrected chi connectivity index (χ0v) is 21.3.